The topological polar surface area (TPSA) is 92.2 Å². The second-order valence-electron chi connectivity index (χ2n) is 9.24. The van der Waals surface area contributed by atoms with Gasteiger partial charge in [-0.2, -0.15) is 0 Å². The highest BCUT2D eigenvalue weighted by atomic mass is 32.2. The van der Waals surface area contributed by atoms with Crippen molar-refractivity contribution in [1.29, 1.82) is 0 Å². The summed E-state index contributed by atoms with van der Waals surface area (Å²) in [6.45, 7) is 4.85. The highest BCUT2D eigenvalue weighted by molar-refractivity contribution is 7.90. The number of nitrogens with one attached hydrogen (secondary N) is 3. The van der Waals surface area contributed by atoms with Crippen molar-refractivity contribution in [3.63, 3.8) is 0 Å². The molecule has 1 heterocycles. The van der Waals surface area contributed by atoms with Crippen LogP contribution >= 0.6 is 0 Å². The predicted octanol–water partition coefficient (Wildman–Crippen LogP) is 4.68. The SMILES string of the molecule is CCC[C@@H](CC(=O)NS(=O)(=O)C1CC1)Nc1ccccc1NCc1cn(C)c2cccc(C)c12. The zero-order valence-electron chi connectivity index (χ0n) is 20.1. The van der Waals surface area contributed by atoms with Gasteiger partial charge in [-0.1, -0.05) is 37.6 Å². The quantitative estimate of drug-likeness (QED) is 0.369. The molecule has 1 amide bonds. The van der Waals surface area contributed by atoms with Gasteiger partial charge in [0.1, 0.15) is 0 Å². The average Bonchev–Trinajstić information content (AvgIpc) is 3.59. The summed E-state index contributed by atoms with van der Waals surface area (Å²) < 4.78 is 28.7. The summed E-state index contributed by atoms with van der Waals surface area (Å²) in [6.07, 6.45) is 5.17. The van der Waals surface area contributed by atoms with Gasteiger partial charge < -0.3 is 15.2 Å². The van der Waals surface area contributed by atoms with E-state index >= 15 is 0 Å². The maximum absolute atomic E-state index is 12.5. The molecule has 2 aromatic carbocycles. The predicted molar refractivity (Wildman–Crippen MR) is 138 cm³/mol. The van der Waals surface area contributed by atoms with E-state index in [2.05, 4.69) is 65.2 Å². The third kappa shape index (κ3) is 5.55. The molecular formula is C26H34N4O3S. The van der Waals surface area contributed by atoms with Gasteiger partial charge in [-0.3, -0.25) is 9.52 Å². The summed E-state index contributed by atoms with van der Waals surface area (Å²) >= 11 is 0. The highest BCUT2D eigenvalue weighted by Crippen LogP contribution is 2.29. The van der Waals surface area contributed by atoms with Crippen molar-refractivity contribution in [1.82, 2.24) is 9.29 Å². The van der Waals surface area contributed by atoms with Crippen LogP contribution in [0.15, 0.2) is 48.7 Å². The molecule has 8 heteroatoms. The van der Waals surface area contributed by atoms with Crippen LogP contribution in [0.2, 0.25) is 0 Å². The van der Waals surface area contributed by atoms with E-state index in [1.807, 2.05) is 24.3 Å². The van der Waals surface area contributed by atoms with Gasteiger partial charge in [-0.05, 0) is 55.5 Å². The Morgan fingerprint density at radius 1 is 1.12 bits per heavy atom. The third-order valence-electron chi connectivity index (χ3n) is 6.35. The fourth-order valence-electron chi connectivity index (χ4n) is 4.50. The Hall–Kier alpha value is -3.00. The number of nitrogens with zero attached hydrogens (tertiary/aromatic N) is 1. The fourth-order valence-corrected chi connectivity index (χ4v) is 5.82. The van der Waals surface area contributed by atoms with E-state index in [1.54, 1.807) is 0 Å². The van der Waals surface area contributed by atoms with E-state index in [0.29, 0.717) is 19.4 Å². The van der Waals surface area contributed by atoms with Gasteiger partial charge in [0.2, 0.25) is 15.9 Å². The first-order valence-corrected chi connectivity index (χ1v) is 13.5. The highest BCUT2D eigenvalue weighted by Gasteiger charge is 2.37. The molecule has 34 heavy (non-hydrogen) atoms. The van der Waals surface area contributed by atoms with Crippen molar-refractivity contribution < 1.29 is 13.2 Å². The first-order valence-electron chi connectivity index (χ1n) is 12.0. The number of anilines is 2. The molecule has 0 aliphatic heterocycles. The molecule has 182 valence electrons. The third-order valence-corrected chi connectivity index (χ3v) is 8.21. The van der Waals surface area contributed by atoms with Crippen molar-refractivity contribution in [3.05, 3.63) is 59.8 Å². The van der Waals surface area contributed by atoms with Crippen LogP contribution in [0.1, 0.15) is 50.2 Å². The number of rotatable bonds is 11. The zero-order chi connectivity index (χ0) is 24.3. The molecule has 0 saturated heterocycles. The number of amides is 1. The number of hydrogen-bond donors (Lipinski definition) is 3. The Morgan fingerprint density at radius 2 is 1.85 bits per heavy atom. The number of aromatic nitrogens is 1. The van der Waals surface area contributed by atoms with E-state index in [9.17, 15) is 13.2 Å². The van der Waals surface area contributed by atoms with Crippen LogP contribution in [0.3, 0.4) is 0 Å². The second-order valence-corrected chi connectivity index (χ2v) is 11.2. The van der Waals surface area contributed by atoms with Gasteiger partial charge in [0.15, 0.2) is 0 Å². The minimum Gasteiger partial charge on any atom is -0.380 e. The number of carbonyl (C=O) groups is 1. The van der Waals surface area contributed by atoms with Crippen LogP contribution in [-0.4, -0.2) is 30.2 Å². The molecule has 1 aromatic heterocycles. The van der Waals surface area contributed by atoms with Gasteiger partial charge in [0.05, 0.1) is 16.6 Å². The molecule has 0 unspecified atom stereocenters. The lowest BCUT2D eigenvalue weighted by atomic mass is 10.1. The minimum absolute atomic E-state index is 0.108. The molecule has 1 aliphatic carbocycles. The molecule has 0 bridgehead atoms. The maximum Gasteiger partial charge on any atom is 0.237 e. The summed E-state index contributed by atoms with van der Waals surface area (Å²) in [6, 6.07) is 14.1. The van der Waals surface area contributed by atoms with Crippen LogP contribution < -0.4 is 15.4 Å². The molecule has 0 radical (unpaired) electrons. The van der Waals surface area contributed by atoms with Crippen molar-refractivity contribution in [2.24, 2.45) is 7.05 Å². The number of hydrogen-bond acceptors (Lipinski definition) is 5. The van der Waals surface area contributed by atoms with Crippen LogP contribution in [0.5, 0.6) is 0 Å². The van der Waals surface area contributed by atoms with E-state index in [-0.39, 0.29) is 12.5 Å². The molecule has 3 aromatic rings. The lowest BCUT2D eigenvalue weighted by Gasteiger charge is -2.21. The number of fused-ring (bicyclic) bond motifs is 1. The molecule has 7 nitrogen and oxygen atoms in total. The summed E-state index contributed by atoms with van der Waals surface area (Å²) in [7, 11) is -1.47. The van der Waals surface area contributed by atoms with Crippen LogP contribution in [0.25, 0.3) is 10.9 Å². The number of aryl methyl sites for hydroxylation is 2. The molecule has 4 rings (SSSR count). The van der Waals surface area contributed by atoms with Gasteiger partial charge in [-0.15, -0.1) is 0 Å². The molecule has 0 spiro atoms. The maximum atomic E-state index is 12.5. The van der Waals surface area contributed by atoms with Gasteiger partial charge in [0.25, 0.3) is 0 Å². The molecule has 1 saturated carbocycles. The largest absolute Gasteiger partial charge is 0.380 e. The van der Waals surface area contributed by atoms with Crippen molar-refractivity contribution in [3.8, 4) is 0 Å². The molecule has 3 N–H and O–H groups in total. The average molecular weight is 483 g/mol. The Bertz CT molecular complexity index is 1280. The molecular weight excluding hydrogens is 448 g/mol. The van der Waals surface area contributed by atoms with Crippen molar-refractivity contribution in [2.75, 3.05) is 10.6 Å². The monoisotopic (exact) mass is 482 g/mol. The number of carbonyl (C=O) groups excluding carboxylic acids is 1. The summed E-state index contributed by atoms with van der Waals surface area (Å²) in [5, 5.41) is 7.89. The Morgan fingerprint density at radius 3 is 2.56 bits per heavy atom. The van der Waals surface area contributed by atoms with Crippen LogP contribution in [0, 0.1) is 6.92 Å². The van der Waals surface area contributed by atoms with Gasteiger partial charge in [0, 0.05) is 43.2 Å². The molecule has 1 aliphatic rings. The summed E-state index contributed by atoms with van der Waals surface area (Å²) in [5.41, 5.74) is 5.52. The second kappa shape index (κ2) is 10.1. The number of para-hydroxylation sites is 2. The van der Waals surface area contributed by atoms with Crippen molar-refractivity contribution in [2.45, 2.75) is 63.8 Å². The first-order chi connectivity index (χ1) is 16.3. The standard InChI is InChI=1S/C26H34N4O3S/c1-4-8-20(15-25(31)29-34(32,33)21-13-14-21)28-23-11-6-5-10-22(23)27-16-19-17-30(3)24-12-7-9-18(2)26(19)24/h5-7,9-12,17,20-21,27-28H,4,8,13-16H2,1-3H3,(H,29,31)/t20-/m0/s1. The normalized spacial score (nSPS) is 14.7. The summed E-state index contributed by atoms with van der Waals surface area (Å²) in [4.78, 5) is 12.5. The fraction of sp³-hybridized carbons (Fsp3) is 0.423. The smallest absolute Gasteiger partial charge is 0.237 e. The van der Waals surface area contributed by atoms with Crippen LogP contribution in [-0.2, 0) is 28.4 Å². The summed E-state index contributed by atoms with van der Waals surface area (Å²) in [5.74, 6) is -0.450. The first kappa shape index (κ1) is 24.1. The van der Waals surface area contributed by atoms with E-state index in [4.69, 9.17) is 0 Å². The Labute approximate surface area is 202 Å². The lowest BCUT2D eigenvalue weighted by molar-refractivity contribution is -0.119. The van der Waals surface area contributed by atoms with Crippen molar-refractivity contribution >= 4 is 38.2 Å². The van der Waals surface area contributed by atoms with Crippen LogP contribution in [0.4, 0.5) is 11.4 Å². The zero-order valence-corrected chi connectivity index (χ0v) is 20.9. The number of benzene rings is 2. The molecule has 1 fully saturated rings. The Balaban J connectivity index is 1.46. The number of sulfonamides is 1. The minimum atomic E-state index is -3.53. The van der Waals surface area contributed by atoms with E-state index in [1.165, 1.54) is 22.0 Å². The lowest BCUT2D eigenvalue weighted by Crippen LogP contribution is -2.36. The van der Waals surface area contributed by atoms with Gasteiger partial charge in [-0.25, -0.2) is 8.42 Å². The van der Waals surface area contributed by atoms with E-state index < -0.39 is 21.2 Å². The molecule has 1 atom stereocenters. The Kier molecular flexibility index (Phi) is 7.16. The van der Waals surface area contributed by atoms with E-state index in [0.717, 1.165) is 24.2 Å². The van der Waals surface area contributed by atoms with Gasteiger partial charge >= 0.3 is 0 Å².